The van der Waals surface area contributed by atoms with Crippen molar-refractivity contribution in [2.24, 2.45) is 4.99 Å². The highest BCUT2D eigenvalue weighted by molar-refractivity contribution is 9.10. The van der Waals surface area contributed by atoms with E-state index in [4.69, 9.17) is 23.7 Å². The normalized spacial score (nSPS) is 14.4. The fourth-order valence-electron chi connectivity index (χ4n) is 4.84. The lowest BCUT2D eigenvalue weighted by Gasteiger charge is -2.26. The summed E-state index contributed by atoms with van der Waals surface area (Å²) in [5.74, 6) is 0.825. The number of ether oxygens (including phenoxy) is 5. The summed E-state index contributed by atoms with van der Waals surface area (Å²) in [5.41, 5.74) is 2.03. The Morgan fingerprint density at radius 3 is 2.20 bits per heavy atom. The second-order valence-electron chi connectivity index (χ2n) is 9.72. The second kappa shape index (κ2) is 13.5. The fourth-order valence-corrected chi connectivity index (χ4v) is 6.43. The monoisotopic (exact) mass is 692 g/mol. The van der Waals surface area contributed by atoms with Crippen molar-refractivity contribution in [2.45, 2.75) is 19.9 Å². The van der Waals surface area contributed by atoms with Gasteiger partial charge in [0, 0.05) is 4.47 Å². The molecule has 10 nitrogen and oxygen atoms in total. The Kier molecular flexibility index (Phi) is 9.54. The number of esters is 2. The van der Waals surface area contributed by atoms with E-state index in [1.54, 1.807) is 87.7 Å². The number of allylic oxidation sites excluding steroid dienone is 1. The standard InChI is InChI=1S/C33H29BrN2O8S/c1-6-43-32(39)28-18(2)35-33-36(29(28)23-16-25(41-4)26(42-5)17-24(23)34)30(37)27(45-33)15-19-7-11-22(12-8-19)44-31(38)20-9-13-21(40-3)14-10-20/h7-17,29H,6H2,1-5H3/b27-15-/t29-/m1/s1. The minimum absolute atomic E-state index is 0.158. The number of thiazole rings is 1. The van der Waals surface area contributed by atoms with Gasteiger partial charge in [-0.25, -0.2) is 14.6 Å². The molecule has 0 saturated carbocycles. The summed E-state index contributed by atoms with van der Waals surface area (Å²) in [5, 5.41) is 0. The molecular formula is C33H29BrN2O8S. The van der Waals surface area contributed by atoms with Gasteiger partial charge < -0.3 is 23.7 Å². The van der Waals surface area contributed by atoms with Gasteiger partial charge in [0.25, 0.3) is 5.56 Å². The van der Waals surface area contributed by atoms with E-state index in [0.29, 0.717) is 59.2 Å². The smallest absolute Gasteiger partial charge is 0.343 e. The predicted octanol–water partition coefficient (Wildman–Crippen LogP) is 4.81. The zero-order chi connectivity index (χ0) is 32.2. The van der Waals surface area contributed by atoms with Gasteiger partial charge in [-0.15, -0.1) is 0 Å². The van der Waals surface area contributed by atoms with E-state index in [9.17, 15) is 14.4 Å². The molecule has 0 spiro atoms. The summed E-state index contributed by atoms with van der Waals surface area (Å²) >= 11 is 4.80. The molecule has 0 amide bonds. The number of hydrogen-bond acceptors (Lipinski definition) is 10. The molecule has 1 aromatic heterocycles. The summed E-state index contributed by atoms with van der Waals surface area (Å²) in [6, 6.07) is 16.0. The number of methoxy groups -OCH3 is 3. The van der Waals surface area contributed by atoms with Crippen LogP contribution in [0.1, 0.15) is 41.4 Å². The van der Waals surface area contributed by atoms with Crippen LogP contribution in [0.5, 0.6) is 23.0 Å². The fraction of sp³-hybridized carbons (Fsp3) is 0.212. The quantitative estimate of drug-likeness (QED) is 0.182. The van der Waals surface area contributed by atoms with Gasteiger partial charge in [0.15, 0.2) is 16.3 Å². The molecule has 0 aliphatic carbocycles. The maximum Gasteiger partial charge on any atom is 0.343 e. The predicted molar refractivity (Wildman–Crippen MR) is 172 cm³/mol. The number of fused-ring (bicyclic) bond motifs is 1. The third-order valence-corrected chi connectivity index (χ3v) is 8.70. The molecule has 0 bridgehead atoms. The van der Waals surface area contributed by atoms with Crippen molar-refractivity contribution in [1.29, 1.82) is 0 Å². The highest BCUT2D eigenvalue weighted by Gasteiger charge is 2.35. The molecule has 232 valence electrons. The molecule has 4 aromatic rings. The van der Waals surface area contributed by atoms with Crippen LogP contribution >= 0.6 is 27.3 Å². The van der Waals surface area contributed by atoms with Gasteiger partial charge in [-0.2, -0.15) is 0 Å². The summed E-state index contributed by atoms with van der Waals surface area (Å²) < 4.78 is 29.5. The minimum Gasteiger partial charge on any atom is -0.497 e. The molecule has 0 saturated heterocycles. The van der Waals surface area contributed by atoms with Crippen molar-refractivity contribution in [3.63, 3.8) is 0 Å². The van der Waals surface area contributed by atoms with Gasteiger partial charge >= 0.3 is 11.9 Å². The van der Waals surface area contributed by atoms with Crippen LogP contribution < -0.4 is 33.8 Å². The molecule has 12 heteroatoms. The molecule has 0 N–H and O–H groups in total. The average Bonchev–Trinajstić information content (AvgIpc) is 3.34. The van der Waals surface area contributed by atoms with Crippen LogP contribution in [0, 0.1) is 0 Å². The molecule has 0 fully saturated rings. The van der Waals surface area contributed by atoms with E-state index < -0.39 is 18.0 Å². The number of carbonyl (C=O) groups excluding carboxylic acids is 2. The number of hydrogen-bond donors (Lipinski definition) is 0. The van der Waals surface area contributed by atoms with Crippen LogP contribution in [-0.2, 0) is 9.53 Å². The number of aromatic nitrogens is 1. The molecule has 45 heavy (non-hydrogen) atoms. The Labute approximate surface area is 270 Å². The Balaban J connectivity index is 1.54. The maximum atomic E-state index is 14.0. The van der Waals surface area contributed by atoms with Crippen LogP contribution in [0.25, 0.3) is 6.08 Å². The zero-order valence-corrected chi connectivity index (χ0v) is 27.5. The molecule has 0 radical (unpaired) electrons. The molecule has 1 aliphatic rings. The Bertz CT molecular complexity index is 1980. The summed E-state index contributed by atoms with van der Waals surface area (Å²) in [6.07, 6.45) is 1.73. The SMILES string of the molecule is CCOC(=O)C1=C(C)N=c2s/c(=C\c3ccc(OC(=O)c4ccc(OC)cc4)cc3)c(=O)n2[C@@H]1c1cc(OC)c(OC)cc1Br. The number of halogens is 1. The lowest BCUT2D eigenvalue weighted by molar-refractivity contribution is -0.139. The Morgan fingerprint density at radius 2 is 1.58 bits per heavy atom. The summed E-state index contributed by atoms with van der Waals surface area (Å²) in [7, 11) is 4.59. The average molecular weight is 694 g/mol. The third-order valence-electron chi connectivity index (χ3n) is 7.03. The van der Waals surface area contributed by atoms with Gasteiger partial charge in [-0.05, 0) is 79.6 Å². The highest BCUT2D eigenvalue weighted by Crippen LogP contribution is 2.40. The first-order valence-corrected chi connectivity index (χ1v) is 15.4. The summed E-state index contributed by atoms with van der Waals surface area (Å²) in [4.78, 5) is 44.9. The van der Waals surface area contributed by atoms with Crippen LogP contribution in [-0.4, -0.2) is 44.4 Å². The minimum atomic E-state index is -0.851. The molecule has 2 heterocycles. The number of nitrogens with zero attached hydrogens (tertiary/aromatic N) is 2. The van der Waals surface area contributed by atoms with E-state index >= 15 is 0 Å². The van der Waals surface area contributed by atoms with Crippen LogP contribution in [0.15, 0.2) is 86.2 Å². The highest BCUT2D eigenvalue weighted by atomic mass is 79.9. The van der Waals surface area contributed by atoms with Crippen molar-refractivity contribution in [2.75, 3.05) is 27.9 Å². The molecule has 3 aromatic carbocycles. The molecule has 0 unspecified atom stereocenters. The van der Waals surface area contributed by atoms with Crippen LogP contribution in [0.4, 0.5) is 0 Å². The Morgan fingerprint density at radius 1 is 0.933 bits per heavy atom. The van der Waals surface area contributed by atoms with Crippen LogP contribution in [0.2, 0.25) is 0 Å². The lowest BCUT2D eigenvalue weighted by atomic mass is 9.95. The number of benzene rings is 3. The van der Waals surface area contributed by atoms with Gasteiger partial charge in [0.1, 0.15) is 11.5 Å². The molecule has 5 rings (SSSR count). The van der Waals surface area contributed by atoms with Crippen LogP contribution in [0.3, 0.4) is 0 Å². The van der Waals surface area contributed by atoms with E-state index in [1.165, 1.54) is 30.1 Å². The van der Waals surface area contributed by atoms with E-state index in [2.05, 4.69) is 20.9 Å². The molecule has 1 aliphatic heterocycles. The van der Waals surface area contributed by atoms with Gasteiger partial charge in [-0.3, -0.25) is 9.36 Å². The number of carbonyl (C=O) groups is 2. The Hall–Kier alpha value is -4.68. The summed E-state index contributed by atoms with van der Waals surface area (Å²) in [6.45, 7) is 3.60. The first-order chi connectivity index (χ1) is 21.7. The number of rotatable bonds is 9. The van der Waals surface area contributed by atoms with Gasteiger partial charge in [0.05, 0.1) is 55.3 Å². The third kappa shape index (κ3) is 6.43. The van der Waals surface area contributed by atoms with Crippen molar-refractivity contribution in [3.8, 4) is 23.0 Å². The maximum absolute atomic E-state index is 14.0. The topological polar surface area (TPSA) is 115 Å². The van der Waals surface area contributed by atoms with Crippen molar-refractivity contribution < 1.29 is 33.3 Å². The largest absolute Gasteiger partial charge is 0.497 e. The molecule has 1 atom stereocenters. The van der Waals surface area contributed by atoms with Gasteiger partial charge in [0.2, 0.25) is 0 Å². The first kappa shape index (κ1) is 31.7. The van der Waals surface area contributed by atoms with E-state index in [0.717, 1.165) is 0 Å². The van der Waals surface area contributed by atoms with Crippen molar-refractivity contribution in [1.82, 2.24) is 4.57 Å². The van der Waals surface area contributed by atoms with Crippen molar-refractivity contribution in [3.05, 3.63) is 113 Å². The van der Waals surface area contributed by atoms with E-state index in [-0.39, 0.29) is 17.7 Å². The van der Waals surface area contributed by atoms with Gasteiger partial charge in [-0.1, -0.05) is 39.4 Å². The zero-order valence-electron chi connectivity index (χ0n) is 25.1. The molecular weight excluding hydrogens is 664 g/mol. The van der Waals surface area contributed by atoms with Crippen molar-refractivity contribution >= 4 is 45.3 Å². The lowest BCUT2D eigenvalue weighted by Crippen LogP contribution is -2.40. The second-order valence-corrected chi connectivity index (χ2v) is 11.6. The van der Waals surface area contributed by atoms with E-state index in [1.807, 2.05) is 0 Å². The first-order valence-electron chi connectivity index (χ1n) is 13.8.